The number of hydrogen-bond donors (Lipinski definition) is 2. The van der Waals surface area contributed by atoms with Gasteiger partial charge in [0.15, 0.2) is 11.5 Å². The van der Waals surface area contributed by atoms with Crippen molar-refractivity contribution in [1.82, 2.24) is 5.32 Å². The van der Waals surface area contributed by atoms with Gasteiger partial charge in [-0.25, -0.2) is 0 Å². The van der Waals surface area contributed by atoms with Crippen molar-refractivity contribution in [1.29, 1.82) is 0 Å². The number of aliphatic hydroxyl groups is 1. The Morgan fingerprint density at radius 3 is 2.86 bits per heavy atom. The molecule has 118 valence electrons. The predicted molar refractivity (Wildman–Crippen MR) is 86.9 cm³/mol. The summed E-state index contributed by atoms with van der Waals surface area (Å²) in [5.74, 6) is 1.88. The third-order valence-corrected chi connectivity index (χ3v) is 4.63. The molecule has 0 heterocycles. The Morgan fingerprint density at radius 1 is 1.38 bits per heavy atom. The summed E-state index contributed by atoms with van der Waals surface area (Å²) < 4.78 is 11.9. The summed E-state index contributed by atoms with van der Waals surface area (Å²) in [5, 5.41) is 12.9. The van der Waals surface area contributed by atoms with E-state index in [0.29, 0.717) is 18.6 Å². The molecule has 0 aliphatic heterocycles. The maximum atomic E-state index is 9.37. The van der Waals surface area contributed by atoms with Gasteiger partial charge in [-0.1, -0.05) is 6.42 Å². The molecule has 2 unspecified atom stereocenters. The lowest BCUT2D eigenvalue weighted by Gasteiger charge is -2.20. The van der Waals surface area contributed by atoms with E-state index in [-0.39, 0.29) is 6.61 Å². The molecule has 1 aromatic rings. The molecule has 1 aliphatic carbocycles. The topological polar surface area (TPSA) is 50.7 Å². The number of ether oxygens (including phenoxy) is 2. The van der Waals surface area contributed by atoms with Crippen molar-refractivity contribution in [3.05, 3.63) is 22.2 Å². The average Bonchev–Trinajstić information content (AvgIpc) is 2.95. The number of hydrogen-bond acceptors (Lipinski definition) is 4. The molecule has 0 amide bonds. The fourth-order valence-corrected chi connectivity index (χ4v) is 3.54. The van der Waals surface area contributed by atoms with Crippen LogP contribution in [0.4, 0.5) is 0 Å². The lowest BCUT2D eigenvalue weighted by Crippen LogP contribution is -2.33. The third kappa shape index (κ3) is 4.11. The van der Waals surface area contributed by atoms with Crippen LogP contribution in [0.5, 0.6) is 11.5 Å². The van der Waals surface area contributed by atoms with Gasteiger partial charge < -0.3 is 19.9 Å². The van der Waals surface area contributed by atoms with E-state index in [1.165, 1.54) is 6.42 Å². The minimum absolute atomic E-state index is 0.272. The van der Waals surface area contributed by atoms with Gasteiger partial charge in [0.2, 0.25) is 0 Å². The van der Waals surface area contributed by atoms with E-state index >= 15 is 0 Å². The van der Waals surface area contributed by atoms with Gasteiger partial charge in [0.05, 0.1) is 18.2 Å². The van der Waals surface area contributed by atoms with Crippen molar-refractivity contribution in [3.8, 4) is 11.5 Å². The average molecular weight is 358 g/mol. The normalized spacial score (nSPS) is 21.5. The van der Waals surface area contributed by atoms with Crippen LogP contribution in [0, 0.1) is 5.92 Å². The molecule has 1 saturated carbocycles. The Bertz CT molecular complexity index is 467. The zero-order valence-electron chi connectivity index (χ0n) is 12.7. The van der Waals surface area contributed by atoms with Crippen LogP contribution < -0.4 is 14.8 Å². The highest BCUT2D eigenvalue weighted by atomic mass is 79.9. The quantitative estimate of drug-likeness (QED) is 0.787. The number of halogens is 1. The van der Waals surface area contributed by atoms with Crippen molar-refractivity contribution in [2.75, 3.05) is 20.3 Å². The van der Waals surface area contributed by atoms with Crippen LogP contribution in [0.1, 0.15) is 31.7 Å². The summed E-state index contributed by atoms with van der Waals surface area (Å²) in [5.41, 5.74) is 1.14. The minimum atomic E-state index is 0.272. The van der Waals surface area contributed by atoms with Gasteiger partial charge in [-0.3, -0.25) is 0 Å². The Hall–Kier alpha value is -0.780. The SMILES string of the molecule is CCOc1c(Br)cc(CNC2CCCC2CO)cc1OC. The second-order valence-corrected chi connectivity index (χ2v) is 6.26. The smallest absolute Gasteiger partial charge is 0.175 e. The van der Waals surface area contributed by atoms with E-state index in [2.05, 4.69) is 27.3 Å². The molecule has 0 spiro atoms. The molecule has 2 atom stereocenters. The van der Waals surface area contributed by atoms with E-state index in [1.54, 1.807) is 7.11 Å². The maximum Gasteiger partial charge on any atom is 0.175 e. The van der Waals surface area contributed by atoms with Crippen LogP contribution in [0.15, 0.2) is 16.6 Å². The highest BCUT2D eigenvalue weighted by Gasteiger charge is 2.26. The molecule has 1 fully saturated rings. The van der Waals surface area contributed by atoms with E-state index in [1.807, 2.05) is 13.0 Å². The standard InChI is InChI=1S/C16H24BrNO3/c1-3-21-16-13(17)7-11(8-15(16)20-2)9-18-14-6-4-5-12(14)10-19/h7-8,12,14,18-19H,3-6,9-10H2,1-2H3. The summed E-state index contributed by atoms with van der Waals surface area (Å²) in [6.07, 6.45) is 3.45. The molecule has 2 N–H and O–H groups in total. The summed E-state index contributed by atoms with van der Waals surface area (Å²) in [4.78, 5) is 0. The fourth-order valence-electron chi connectivity index (χ4n) is 2.93. The zero-order valence-corrected chi connectivity index (χ0v) is 14.3. The zero-order chi connectivity index (χ0) is 15.2. The second kappa shape index (κ2) is 8.01. The van der Waals surface area contributed by atoms with Gasteiger partial charge in [-0.05, 0) is 59.3 Å². The lowest BCUT2D eigenvalue weighted by atomic mass is 10.0. The van der Waals surface area contributed by atoms with Gasteiger partial charge in [-0.15, -0.1) is 0 Å². The van der Waals surface area contributed by atoms with Gasteiger partial charge >= 0.3 is 0 Å². The van der Waals surface area contributed by atoms with Crippen LogP contribution >= 0.6 is 15.9 Å². The summed E-state index contributed by atoms with van der Waals surface area (Å²) >= 11 is 3.55. The van der Waals surface area contributed by atoms with Crippen molar-refractivity contribution in [2.24, 2.45) is 5.92 Å². The number of nitrogens with one attached hydrogen (secondary N) is 1. The maximum absolute atomic E-state index is 9.37. The molecular formula is C16H24BrNO3. The predicted octanol–water partition coefficient (Wildman–Crippen LogP) is 3.11. The monoisotopic (exact) mass is 357 g/mol. The first kappa shape index (κ1) is 16.6. The molecule has 0 aromatic heterocycles. The number of benzene rings is 1. The fraction of sp³-hybridized carbons (Fsp3) is 0.625. The number of rotatable bonds is 7. The highest BCUT2D eigenvalue weighted by molar-refractivity contribution is 9.10. The first-order valence-corrected chi connectivity index (χ1v) is 8.32. The van der Waals surface area contributed by atoms with Gasteiger partial charge in [0, 0.05) is 19.2 Å². The molecule has 5 heteroatoms. The molecule has 2 rings (SSSR count). The van der Waals surface area contributed by atoms with Crippen LogP contribution in [0.3, 0.4) is 0 Å². The van der Waals surface area contributed by atoms with Gasteiger partial charge in [0.1, 0.15) is 0 Å². The minimum Gasteiger partial charge on any atom is -0.493 e. The van der Waals surface area contributed by atoms with Crippen molar-refractivity contribution in [2.45, 2.75) is 38.8 Å². The Kier molecular flexibility index (Phi) is 6.33. The molecule has 21 heavy (non-hydrogen) atoms. The van der Waals surface area contributed by atoms with Crippen LogP contribution in [-0.4, -0.2) is 31.5 Å². The molecule has 1 aromatic carbocycles. The molecule has 0 radical (unpaired) electrons. The van der Waals surface area contributed by atoms with Crippen molar-refractivity contribution < 1.29 is 14.6 Å². The largest absolute Gasteiger partial charge is 0.493 e. The molecule has 1 aliphatic rings. The lowest BCUT2D eigenvalue weighted by molar-refractivity contribution is 0.205. The molecular weight excluding hydrogens is 334 g/mol. The van der Waals surface area contributed by atoms with E-state index in [4.69, 9.17) is 9.47 Å². The number of aliphatic hydroxyl groups excluding tert-OH is 1. The van der Waals surface area contributed by atoms with Crippen LogP contribution in [0.2, 0.25) is 0 Å². The molecule has 4 nitrogen and oxygen atoms in total. The Labute approximate surface area is 135 Å². The first-order chi connectivity index (χ1) is 10.2. The van der Waals surface area contributed by atoms with E-state index < -0.39 is 0 Å². The summed E-state index contributed by atoms with van der Waals surface area (Å²) in [6.45, 7) is 3.60. The first-order valence-electron chi connectivity index (χ1n) is 7.53. The Balaban J connectivity index is 2.05. The molecule has 0 bridgehead atoms. The summed E-state index contributed by atoms with van der Waals surface area (Å²) in [7, 11) is 1.65. The van der Waals surface area contributed by atoms with E-state index in [9.17, 15) is 5.11 Å². The van der Waals surface area contributed by atoms with E-state index in [0.717, 1.165) is 40.9 Å². The van der Waals surface area contributed by atoms with Crippen molar-refractivity contribution in [3.63, 3.8) is 0 Å². The summed E-state index contributed by atoms with van der Waals surface area (Å²) in [6, 6.07) is 4.47. The highest BCUT2D eigenvalue weighted by Crippen LogP contribution is 2.36. The second-order valence-electron chi connectivity index (χ2n) is 5.40. The van der Waals surface area contributed by atoms with Crippen molar-refractivity contribution >= 4 is 15.9 Å². The molecule has 0 saturated heterocycles. The van der Waals surface area contributed by atoms with Crippen LogP contribution in [-0.2, 0) is 6.54 Å². The van der Waals surface area contributed by atoms with Gasteiger partial charge in [-0.2, -0.15) is 0 Å². The van der Waals surface area contributed by atoms with Crippen LogP contribution in [0.25, 0.3) is 0 Å². The number of methoxy groups -OCH3 is 1. The van der Waals surface area contributed by atoms with Gasteiger partial charge in [0.25, 0.3) is 0 Å². The Morgan fingerprint density at radius 2 is 2.19 bits per heavy atom. The third-order valence-electron chi connectivity index (χ3n) is 4.04.